The Morgan fingerprint density at radius 3 is 2.48 bits per heavy atom. The molecule has 1 saturated heterocycles. The number of cyclic esters (lactones) is 1. The van der Waals surface area contributed by atoms with Crippen LogP contribution in [0.15, 0.2) is 0 Å². The summed E-state index contributed by atoms with van der Waals surface area (Å²) in [7, 11) is 1.01. The third-order valence-corrected chi connectivity index (χ3v) is 4.63. The molecular formula is C17H24N2O9S. The van der Waals surface area contributed by atoms with E-state index in [1.165, 1.54) is 13.8 Å². The highest BCUT2D eigenvalue weighted by atomic mass is 32.2. The van der Waals surface area contributed by atoms with Gasteiger partial charge in [-0.2, -0.15) is 0 Å². The molecule has 11 nitrogen and oxygen atoms in total. The summed E-state index contributed by atoms with van der Waals surface area (Å²) in [6.07, 6.45) is -2.02. The van der Waals surface area contributed by atoms with Gasteiger partial charge in [-0.25, -0.2) is 9.59 Å². The van der Waals surface area contributed by atoms with Crippen molar-refractivity contribution in [2.75, 3.05) is 32.6 Å². The van der Waals surface area contributed by atoms with Gasteiger partial charge < -0.3 is 24.8 Å². The summed E-state index contributed by atoms with van der Waals surface area (Å²) < 4.78 is 14.3. The minimum Gasteiger partial charge on any atom is -0.461 e. The van der Waals surface area contributed by atoms with Gasteiger partial charge in [-0.1, -0.05) is 25.6 Å². The molecule has 1 aliphatic heterocycles. The second kappa shape index (κ2) is 11.4. The third kappa shape index (κ3) is 8.50. The Hall–Kier alpha value is -2.63. The minimum absolute atomic E-state index is 0.0111. The first-order chi connectivity index (χ1) is 13.6. The van der Waals surface area contributed by atoms with Gasteiger partial charge in [0.2, 0.25) is 5.91 Å². The second-order valence-electron chi connectivity index (χ2n) is 6.71. The number of esters is 3. The molecule has 0 aromatic heterocycles. The van der Waals surface area contributed by atoms with Crippen LogP contribution in [0.2, 0.25) is 0 Å². The lowest BCUT2D eigenvalue weighted by molar-refractivity contribution is -0.174. The van der Waals surface area contributed by atoms with Crippen LogP contribution in [0.25, 0.3) is 0 Å². The average Bonchev–Trinajstić information content (AvgIpc) is 2.66. The number of rotatable bonds is 3. The van der Waals surface area contributed by atoms with Crippen molar-refractivity contribution in [3.8, 4) is 0 Å². The van der Waals surface area contributed by atoms with Gasteiger partial charge in [-0.15, -0.1) is 0 Å². The van der Waals surface area contributed by atoms with Crippen molar-refractivity contribution in [3.63, 3.8) is 0 Å². The molecule has 0 spiro atoms. The molecule has 0 aromatic rings. The van der Waals surface area contributed by atoms with Crippen LogP contribution in [0.4, 0.5) is 0 Å². The zero-order chi connectivity index (χ0) is 22.0. The molecule has 0 unspecified atom stereocenters. The first-order valence-electron chi connectivity index (χ1n) is 8.71. The van der Waals surface area contributed by atoms with Crippen LogP contribution < -0.4 is 10.6 Å². The Labute approximate surface area is 171 Å². The Morgan fingerprint density at radius 2 is 1.83 bits per heavy atom. The third-order valence-electron chi connectivity index (χ3n) is 3.75. The highest BCUT2D eigenvalue weighted by molar-refractivity contribution is 8.13. The van der Waals surface area contributed by atoms with Gasteiger partial charge in [0.15, 0.2) is 11.2 Å². The van der Waals surface area contributed by atoms with Crippen LogP contribution in [0.3, 0.4) is 0 Å². The molecule has 1 fully saturated rings. The van der Waals surface area contributed by atoms with E-state index in [4.69, 9.17) is 9.47 Å². The zero-order valence-electron chi connectivity index (χ0n) is 16.4. The van der Waals surface area contributed by atoms with Crippen molar-refractivity contribution >= 4 is 46.6 Å². The van der Waals surface area contributed by atoms with Crippen molar-refractivity contribution in [2.45, 2.75) is 32.8 Å². The lowest BCUT2D eigenvalue weighted by Gasteiger charge is -2.32. The molecule has 0 saturated carbocycles. The van der Waals surface area contributed by atoms with Crippen molar-refractivity contribution in [2.24, 2.45) is 5.41 Å². The summed E-state index contributed by atoms with van der Waals surface area (Å²) in [5, 5.41) is 4.59. The highest BCUT2D eigenvalue weighted by Crippen LogP contribution is 2.25. The predicted octanol–water partition coefficient (Wildman–Crippen LogP) is -1.07. The summed E-state index contributed by atoms with van der Waals surface area (Å²) in [6.45, 7) is 2.74. The van der Waals surface area contributed by atoms with Gasteiger partial charge in [0, 0.05) is 30.7 Å². The van der Waals surface area contributed by atoms with Crippen molar-refractivity contribution in [1.82, 2.24) is 10.6 Å². The van der Waals surface area contributed by atoms with Crippen molar-refractivity contribution in [1.29, 1.82) is 0 Å². The maximum atomic E-state index is 12.6. The second-order valence-corrected chi connectivity index (χ2v) is 7.87. The Bertz CT molecular complexity index is 678. The van der Waals surface area contributed by atoms with Gasteiger partial charge in [0.25, 0.3) is 5.91 Å². The quantitative estimate of drug-likeness (QED) is 0.244. The molecule has 29 heavy (non-hydrogen) atoms. The van der Waals surface area contributed by atoms with E-state index in [0.717, 1.165) is 18.9 Å². The Kier molecular flexibility index (Phi) is 9.59. The first-order valence-corrected chi connectivity index (χ1v) is 9.70. The maximum absolute atomic E-state index is 12.6. The minimum atomic E-state index is -1.44. The van der Waals surface area contributed by atoms with Crippen LogP contribution in [0, 0.1) is 5.41 Å². The van der Waals surface area contributed by atoms with Crippen molar-refractivity contribution < 1.29 is 43.0 Å². The molecule has 0 aromatic carbocycles. The van der Waals surface area contributed by atoms with E-state index in [1.54, 1.807) is 0 Å². The summed E-state index contributed by atoms with van der Waals surface area (Å²) in [5.41, 5.74) is -1.25. The standard InChI is InChI=1S/C17H24N2O9S/c1-17(2,9-27-16(25)15(24)26-3)13-14(23)19-5-4-10(20)18-6-7-29-12(22)8-11(21)28-13/h13H,4-9H2,1-3H3,(H,18,20)(H,19,23)/t13-/m0/s1. The fourth-order valence-electron chi connectivity index (χ4n) is 2.22. The van der Waals surface area contributed by atoms with Crippen LogP contribution in [0.1, 0.15) is 26.7 Å². The van der Waals surface area contributed by atoms with E-state index in [9.17, 15) is 28.8 Å². The first kappa shape index (κ1) is 24.4. The zero-order valence-corrected chi connectivity index (χ0v) is 17.2. The maximum Gasteiger partial charge on any atom is 0.417 e. The number of ether oxygens (including phenoxy) is 3. The molecule has 2 N–H and O–H groups in total. The summed E-state index contributed by atoms with van der Waals surface area (Å²) in [5.74, 6) is -4.16. The molecule has 162 valence electrons. The van der Waals surface area contributed by atoms with E-state index in [0.29, 0.717) is 5.75 Å². The van der Waals surface area contributed by atoms with E-state index in [2.05, 4.69) is 15.4 Å². The van der Waals surface area contributed by atoms with Gasteiger partial charge in [-0.05, 0) is 0 Å². The van der Waals surface area contributed by atoms with Crippen molar-refractivity contribution in [3.05, 3.63) is 0 Å². The fourth-order valence-corrected chi connectivity index (χ4v) is 2.87. The Balaban J connectivity index is 2.93. The van der Waals surface area contributed by atoms with Gasteiger partial charge >= 0.3 is 17.9 Å². The number of carbonyl (C=O) groups is 6. The smallest absolute Gasteiger partial charge is 0.417 e. The topological polar surface area (TPSA) is 154 Å². The number of hydrogen-bond donors (Lipinski definition) is 2. The molecule has 1 heterocycles. The molecule has 12 heteroatoms. The summed E-state index contributed by atoms with van der Waals surface area (Å²) in [6, 6.07) is 0. The summed E-state index contributed by atoms with van der Waals surface area (Å²) in [4.78, 5) is 70.9. The van der Waals surface area contributed by atoms with Crippen LogP contribution in [-0.4, -0.2) is 73.5 Å². The summed E-state index contributed by atoms with van der Waals surface area (Å²) >= 11 is 0.862. The number of carbonyl (C=O) groups excluding carboxylic acids is 6. The van der Waals surface area contributed by atoms with Crippen LogP contribution in [-0.2, 0) is 43.0 Å². The van der Waals surface area contributed by atoms with E-state index >= 15 is 0 Å². The number of hydrogen-bond acceptors (Lipinski definition) is 10. The average molecular weight is 432 g/mol. The highest BCUT2D eigenvalue weighted by Gasteiger charge is 2.40. The molecule has 1 aliphatic rings. The normalized spacial score (nSPS) is 19.9. The van der Waals surface area contributed by atoms with E-state index in [-0.39, 0.29) is 25.4 Å². The molecule has 1 atom stereocenters. The van der Waals surface area contributed by atoms with E-state index in [1.807, 2.05) is 0 Å². The number of nitrogens with one attached hydrogen (secondary N) is 2. The molecule has 0 radical (unpaired) electrons. The fraction of sp³-hybridized carbons (Fsp3) is 0.647. The Morgan fingerprint density at radius 1 is 1.14 bits per heavy atom. The van der Waals surface area contributed by atoms with Crippen LogP contribution in [0.5, 0.6) is 0 Å². The molecular weight excluding hydrogens is 408 g/mol. The SMILES string of the molecule is COC(=O)C(=O)OCC(C)(C)[C@H]1OC(=O)CC(=O)SCCNC(=O)CCNC1=O. The largest absolute Gasteiger partial charge is 0.461 e. The van der Waals surface area contributed by atoms with Crippen LogP contribution >= 0.6 is 11.8 Å². The van der Waals surface area contributed by atoms with Gasteiger partial charge in [-0.3, -0.25) is 19.2 Å². The monoisotopic (exact) mass is 432 g/mol. The predicted molar refractivity (Wildman–Crippen MR) is 99.4 cm³/mol. The number of thioether (sulfide) groups is 1. The number of methoxy groups -OCH3 is 1. The molecule has 0 aliphatic carbocycles. The van der Waals surface area contributed by atoms with E-state index < -0.39 is 53.5 Å². The number of amides is 2. The molecule has 2 amide bonds. The lowest BCUT2D eigenvalue weighted by Crippen LogP contribution is -2.49. The lowest BCUT2D eigenvalue weighted by atomic mass is 9.86. The molecule has 1 rings (SSSR count). The van der Waals surface area contributed by atoms with Gasteiger partial charge in [0.1, 0.15) is 13.0 Å². The van der Waals surface area contributed by atoms with Gasteiger partial charge in [0.05, 0.1) is 7.11 Å². The molecule has 0 bridgehead atoms.